The van der Waals surface area contributed by atoms with Crippen molar-refractivity contribution in [3.8, 4) is 11.5 Å². The fraction of sp³-hybridized carbons (Fsp3) is 0.350. The highest BCUT2D eigenvalue weighted by Crippen LogP contribution is 2.23. The normalized spacial score (nSPS) is 11.8. The van der Waals surface area contributed by atoms with Crippen LogP contribution in [0.15, 0.2) is 42.5 Å². The van der Waals surface area contributed by atoms with Crippen molar-refractivity contribution in [2.24, 2.45) is 0 Å². The zero-order valence-electron chi connectivity index (χ0n) is 14.0. The summed E-state index contributed by atoms with van der Waals surface area (Å²) in [7, 11) is 1.55. The van der Waals surface area contributed by atoms with Crippen molar-refractivity contribution in [1.82, 2.24) is 0 Å². The number of hydrogen-bond acceptors (Lipinski definition) is 3. The number of hydrogen-bond donors (Lipinski definition) is 0. The third-order valence-corrected chi connectivity index (χ3v) is 4.15. The van der Waals surface area contributed by atoms with Gasteiger partial charge in [-0.25, -0.2) is 0 Å². The minimum absolute atomic E-state index is 0.528. The second kappa shape index (κ2) is 8.37. The van der Waals surface area contributed by atoms with Gasteiger partial charge in [0.2, 0.25) is 0 Å². The van der Waals surface area contributed by atoms with Crippen LogP contribution in [0.1, 0.15) is 47.7 Å². The Balaban J connectivity index is 1.91. The molecule has 122 valence electrons. The molecule has 0 amide bonds. The molecule has 0 radical (unpaired) electrons. The van der Waals surface area contributed by atoms with Gasteiger partial charge in [0, 0.05) is 12.5 Å². The van der Waals surface area contributed by atoms with Crippen LogP contribution in [-0.4, -0.2) is 20.0 Å². The Kier molecular flexibility index (Phi) is 6.21. The van der Waals surface area contributed by atoms with Gasteiger partial charge in [-0.05, 0) is 35.6 Å². The maximum atomic E-state index is 10.9. The Labute approximate surface area is 138 Å². The minimum atomic E-state index is 0.528. The molecule has 0 fully saturated rings. The summed E-state index contributed by atoms with van der Waals surface area (Å²) in [6.07, 6.45) is 2.78. The summed E-state index contributed by atoms with van der Waals surface area (Å²) >= 11 is 0. The van der Waals surface area contributed by atoms with Crippen LogP contribution in [0.25, 0.3) is 0 Å². The first-order chi connectivity index (χ1) is 11.2. The number of rotatable bonds is 8. The summed E-state index contributed by atoms with van der Waals surface area (Å²) < 4.78 is 10.9. The van der Waals surface area contributed by atoms with Crippen LogP contribution in [-0.2, 0) is 6.42 Å². The topological polar surface area (TPSA) is 35.5 Å². The van der Waals surface area contributed by atoms with Gasteiger partial charge < -0.3 is 9.47 Å². The van der Waals surface area contributed by atoms with Crippen molar-refractivity contribution in [3.63, 3.8) is 0 Å². The van der Waals surface area contributed by atoms with Gasteiger partial charge >= 0.3 is 0 Å². The Morgan fingerprint density at radius 3 is 2.48 bits per heavy atom. The molecule has 23 heavy (non-hydrogen) atoms. The van der Waals surface area contributed by atoms with Crippen LogP contribution in [0, 0.1) is 0 Å². The van der Waals surface area contributed by atoms with Gasteiger partial charge in [-0.2, -0.15) is 0 Å². The van der Waals surface area contributed by atoms with E-state index in [0.29, 0.717) is 29.6 Å². The van der Waals surface area contributed by atoms with E-state index >= 15 is 0 Å². The summed E-state index contributed by atoms with van der Waals surface area (Å²) in [5, 5.41) is 0. The first-order valence-electron chi connectivity index (χ1n) is 8.02. The number of ether oxygens (including phenoxy) is 2. The summed E-state index contributed by atoms with van der Waals surface area (Å²) in [5.74, 6) is 1.85. The smallest absolute Gasteiger partial charge is 0.153 e. The van der Waals surface area contributed by atoms with Crippen molar-refractivity contribution in [2.45, 2.75) is 32.6 Å². The zero-order chi connectivity index (χ0) is 16.7. The van der Waals surface area contributed by atoms with E-state index in [9.17, 15) is 4.79 Å². The molecule has 1 atom stereocenters. The molecule has 0 bridgehead atoms. The van der Waals surface area contributed by atoms with Gasteiger partial charge in [0.15, 0.2) is 6.29 Å². The quantitative estimate of drug-likeness (QED) is 0.666. The van der Waals surface area contributed by atoms with Crippen molar-refractivity contribution < 1.29 is 14.3 Å². The van der Waals surface area contributed by atoms with Gasteiger partial charge in [0.25, 0.3) is 0 Å². The molecule has 2 aromatic rings. The Morgan fingerprint density at radius 1 is 1.13 bits per heavy atom. The van der Waals surface area contributed by atoms with E-state index in [1.165, 1.54) is 11.1 Å². The highest BCUT2D eigenvalue weighted by atomic mass is 16.5. The Morgan fingerprint density at radius 2 is 1.87 bits per heavy atom. The van der Waals surface area contributed by atoms with E-state index in [2.05, 4.69) is 38.1 Å². The van der Waals surface area contributed by atoms with Gasteiger partial charge in [-0.15, -0.1) is 0 Å². The molecule has 0 saturated carbocycles. The molecule has 0 aliphatic heterocycles. The predicted octanol–water partition coefficient (Wildman–Crippen LogP) is 4.64. The summed E-state index contributed by atoms with van der Waals surface area (Å²) in [5.41, 5.74) is 3.17. The van der Waals surface area contributed by atoms with Crippen LogP contribution in [0.4, 0.5) is 0 Å². The van der Waals surface area contributed by atoms with Gasteiger partial charge in [-0.3, -0.25) is 4.79 Å². The lowest BCUT2D eigenvalue weighted by Crippen LogP contribution is -2.02. The fourth-order valence-corrected chi connectivity index (χ4v) is 2.41. The summed E-state index contributed by atoms with van der Waals surface area (Å²) in [4.78, 5) is 10.9. The predicted molar refractivity (Wildman–Crippen MR) is 92.7 cm³/mol. The van der Waals surface area contributed by atoms with Crippen molar-refractivity contribution >= 4 is 6.29 Å². The standard InChI is InChI=1S/C20H24O3/c1-4-15(2)17-7-5-16(6-8-17)11-12-23-19-10-9-18(14-21)20(13-19)22-3/h5-10,13-15H,4,11-12H2,1-3H3. The highest BCUT2D eigenvalue weighted by molar-refractivity contribution is 5.79. The van der Waals surface area contributed by atoms with Crippen LogP contribution >= 0.6 is 0 Å². The maximum absolute atomic E-state index is 10.9. The number of aldehydes is 1. The average molecular weight is 312 g/mol. The lowest BCUT2D eigenvalue weighted by atomic mass is 9.97. The van der Waals surface area contributed by atoms with Gasteiger partial charge in [0.05, 0.1) is 19.3 Å². The lowest BCUT2D eigenvalue weighted by molar-refractivity contribution is 0.112. The molecular formula is C20H24O3. The van der Waals surface area contributed by atoms with E-state index in [0.717, 1.165) is 19.1 Å². The number of methoxy groups -OCH3 is 1. The van der Waals surface area contributed by atoms with E-state index < -0.39 is 0 Å². The van der Waals surface area contributed by atoms with Crippen LogP contribution in [0.3, 0.4) is 0 Å². The third-order valence-electron chi connectivity index (χ3n) is 4.15. The molecule has 0 heterocycles. The third kappa shape index (κ3) is 4.59. The molecule has 3 heteroatoms. The van der Waals surface area contributed by atoms with E-state index in [1.54, 1.807) is 25.3 Å². The monoisotopic (exact) mass is 312 g/mol. The molecule has 3 nitrogen and oxygen atoms in total. The van der Waals surface area contributed by atoms with Crippen molar-refractivity contribution in [1.29, 1.82) is 0 Å². The summed E-state index contributed by atoms with van der Waals surface area (Å²) in [6.45, 7) is 5.04. The van der Waals surface area contributed by atoms with E-state index in [-0.39, 0.29) is 0 Å². The highest BCUT2D eigenvalue weighted by Gasteiger charge is 2.05. The molecule has 2 rings (SSSR count). The first kappa shape index (κ1) is 17.1. The molecule has 0 aliphatic rings. The van der Waals surface area contributed by atoms with Crippen LogP contribution in [0.5, 0.6) is 11.5 Å². The van der Waals surface area contributed by atoms with Crippen LogP contribution in [0.2, 0.25) is 0 Å². The van der Waals surface area contributed by atoms with E-state index in [1.807, 2.05) is 0 Å². The molecule has 2 aromatic carbocycles. The number of carbonyl (C=O) groups excluding carboxylic acids is 1. The zero-order valence-corrected chi connectivity index (χ0v) is 14.0. The summed E-state index contributed by atoms with van der Waals surface area (Å²) in [6, 6.07) is 14.0. The Hall–Kier alpha value is -2.29. The second-order valence-electron chi connectivity index (χ2n) is 5.67. The Bertz CT molecular complexity index is 632. The molecule has 0 N–H and O–H groups in total. The molecule has 0 aromatic heterocycles. The van der Waals surface area contributed by atoms with Gasteiger partial charge in [-0.1, -0.05) is 38.1 Å². The SMILES string of the molecule is CCC(C)c1ccc(CCOc2ccc(C=O)c(OC)c2)cc1. The van der Waals surface area contributed by atoms with Crippen molar-refractivity contribution in [3.05, 3.63) is 59.2 Å². The molecule has 1 unspecified atom stereocenters. The molecule has 0 aliphatic carbocycles. The molecule has 0 saturated heterocycles. The van der Waals surface area contributed by atoms with Crippen LogP contribution < -0.4 is 9.47 Å². The maximum Gasteiger partial charge on any atom is 0.153 e. The van der Waals surface area contributed by atoms with Crippen molar-refractivity contribution in [2.75, 3.05) is 13.7 Å². The first-order valence-corrected chi connectivity index (χ1v) is 8.02. The molecule has 0 spiro atoms. The number of benzene rings is 2. The average Bonchev–Trinajstić information content (AvgIpc) is 2.61. The lowest BCUT2D eigenvalue weighted by Gasteiger charge is -2.11. The number of carbonyl (C=O) groups is 1. The van der Waals surface area contributed by atoms with Gasteiger partial charge in [0.1, 0.15) is 11.5 Å². The largest absolute Gasteiger partial charge is 0.496 e. The molecular weight excluding hydrogens is 288 g/mol. The minimum Gasteiger partial charge on any atom is -0.496 e. The van der Waals surface area contributed by atoms with E-state index in [4.69, 9.17) is 9.47 Å². The fourth-order valence-electron chi connectivity index (χ4n) is 2.41. The second-order valence-corrected chi connectivity index (χ2v) is 5.67.